The summed E-state index contributed by atoms with van der Waals surface area (Å²) in [6, 6.07) is 14.3. The molecule has 0 unspecified atom stereocenters. The van der Waals surface area contributed by atoms with Gasteiger partial charge in [0.15, 0.2) is 0 Å². The molecule has 2 aliphatic rings. The van der Waals surface area contributed by atoms with Crippen LogP contribution in [0.2, 0.25) is 0 Å². The van der Waals surface area contributed by atoms with Crippen LogP contribution in [0.5, 0.6) is 0 Å². The molecule has 5 rings (SSSR count). The number of rotatable bonds is 2. The molecular weight excluding hydrogens is 362 g/mol. The Hall–Kier alpha value is -3.35. The predicted octanol–water partition coefficient (Wildman–Crippen LogP) is 3.65. The van der Waals surface area contributed by atoms with Gasteiger partial charge in [-0.25, -0.2) is 9.98 Å². The largest absolute Gasteiger partial charge is 0.369 e. The highest BCUT2D eigenvalue weighted by atomic mass is 15.4. The van der Waals surface area contributed by atoms with E-state index in [9.17, 15) is 0 Å². The number of para-hydroxylation sites is 2. The van der Waals surface area contributed by atoms with Crippen LogP contribution in [0, 0.1) is 6.92 Å². The predicted molar refractivity (Wildman–Crippen MR) is 118 cm³/mol. The molecule has 1 spiro atoms. The van der Waals surface area contributed by atoms with Gasteiger partial charge in [0.1, 0.15) is 11.5 Å². The molecule has 148 valence electrons. The number of guanidine groups is 2. The van der Waals surface area contributed by atoms with Gasteiger partial charge < -0.3 is 16.5 Å². The Balaban J connectivity index is 1.64. The summed E-state index contributed by atoms with van der Waals surface area (Å²) in [4.78, 5) is 19.4. The molecule has 1 aliphatic heterocycles. The summed E-state index contributed by atoms with van der Waals surface area (Å²) >= 11 is 0. The summed E-state index contributed by atoms with van der Waals surface area (Å²) in [6.45, 7) is 2.10. The second kappa shape index (κ2) is 6.62. The summed E-state index contributed by atoms with van der Waals surface area (Å²) < 4.78 is 0. The number of nitrogens with one attached hydrogen (secondary N) is 1. The number of nitrogens with zero attached hydrogens (tertiary/aromatic N) is 4. The monoisotopic (exact) mass is 387 g/mol. The van der Waals surface area contributed by atoms with Gasteiger partial charge in [0.05, 0.1) is 11.0 Å². The molecule has 2 aromatic carbocycles. The lowest BCUT2D eigenvalue weighted by Crippen LogP contribution is -2.58. The number of aromatic amines is 1. The van der Waals surface area contributed by atoms with Gasteiger partial charge >= 0.3 is 0 Å². The fourth-order valence-electron chi connectivity index (χ4n) is 4.67. The van der Waals surface area contributed by atoms with E-state index in [-0.39, 0.29) is 5.96 Å². The van der Waals surface area contributed by atoms with Crippen LogP contribution in [-0.2, 0) is 0 Å². The summed E-state index contributed by atoms with van der Waals surface area (Å²) in [5.41, 5.74) is 17.1. The lowest BCUT2D eigenvalue weighted by atomic mass is 9.86. The zero-order chi connectivity index (χ0) is 20.0. The number of fused-ring (bicyclic) bond motifs is 1. The van der Waals surface area contributed by atoms with Crippen molar-refractivity contribution in [2.75, 3.05) is 4.90 Å². The van der Waals surface area contributed by atoms with Gasteiger partial charge in [-0.1, -0.05) is 30.7 Å². The third-order valence-corrected chi connectivity index (χ3v) is 6.04. The first-order chi connectivity index (χ1) is 14.1. The number of benzene rings is 2. The SMILES string of the molecule is Cc1c(-c2nc3ccccc3[nH]2)cccc1N1C(N)=NC(N)=NC12CCCCC2. The minimum atomic E-state index is -0.453. The Morgan fingerprint density at radius 1 is 1.00 bits per heavy atom. The third kappa shape index (κ3) is 2.85. The number of imidazole rings is 1. The van der Waals surface area contributed by atoms with E-state index in [4.69, 9.17) is 21.4 Å². The zero-order valence-electron chi connectivity index (χ0n) is 16.5. The second-order valence-electron chi connectivity index (χ2n) is 7.87. The van der Waals surface area contributed by atoms with Gasteiger partial charge in [0.2, 0.25) is 11.9 Å². The maximum absolute atomic E-state index is 6.42. The minimum Gasteiger partial charge on any atom is -0.369 e. The van der Waals surface area contributed by atoms with Crippen molar-refractivity contribution in [3.8, 4) is 11.4 Å². The van der Waals surface area contributed by atoms with Crippen LogP contribution in [0.15, 0.2) is 52.4 Å². The summed E-state index contributed by atoms with van der Waals surface area (Å²) in [5, 5.41) is 0. The lowest BCUT2D eigenvalue weighted by molar-refractivity contribution is 0.305. The van der Waals surface area contributed by atoms with E-state index in [2.05, 4.69) is 33.9 Å². The molecule has 0 atom stereocenters. The van der Waals surface area contributed by atoms with Crippen molar-refractivity contribution in [2.24, 2.45) is 21.5 Å². The molecule has 1 aliphatic carbocycles. The molecule has 29 heavy (non-hydrogen) atoms. The molecule has 0 bridgehead atoms. The Morgan fingerprint density at radius 3 is 2.59 bits per heavy atom. The Bertz CT molecular complexity index is 1100. The first kappa shape index (κ1) is 17.7. The standard InChI is InChI=1S/C22H25N7/c1-14-15(19-25-16-9-3-4-10-17(16)26-19)8-7-11-18(14)29-21(24)27-20(23)28-22(29)12-5-2-6-13-22/h3-4,7-11H,2,5-6,12-13H2,1H3,(H,25,26)(H4,23,24,27,28). The molecule has 7 heteroatoms. The van der Waals surface area contributed by atoms with Crippen LogP contribution >= 0.6 is 0 Å². The van der Waals surface area contributed by atoms with Gasteiger partial charge in [-0.3, -0.25) is 4.90 Å². The Labute approximate surface area is 169 Å². The van der Waals surface area contributed by atoms with Crippen molar-refractivity contribution >= 4 is 28.6 Å². The lowest BCUT2D eigenvalue weighted by Gasteiger charge is -2.46. The van der Waals surface area contributed by atoms with Crippen molar-refractivity contribution in [3.05, 3.63) is 48.0 Å². The second-order valence-corrected chi connectivity index (χ2v) is 7.87. The maximum atomic E-state index is 6.42. The van der Waals surface area contributed by atoms with E-state index in [1.54, 1.807) is 0 Å². The first-order valence-corrected chi connectivity index (χ1v) is 10.1. The van der Waals surface area contributed by atoms with Crippen molar-refractivity contribution in [1.29, 1.82) is 0 Å². The smallest absolute Gasteiger partial charge is 0.220 e. The van der Waals surface area contributed by atoms with Crippen LogP contribution < -0.4 is 16.4 Å². The van der Waals surface area contributed by atoms with Crippen molar-refractivity contribution < 1.29 is 0 Å². The normalized spacial score (nSPS) is 18.7. The zero-order valence-corrected chi connectivity index (χ0v) is 16.5. The molecular formula is C22H25N7. The molecule has 1 saturated carbocycles. The highest BCUT2D eigenvalue weighted by Crippen LogP contribution is 2.42. The van der Waals surface area contributed by atoms with E-state index in [0.717, 1.165) is 59.4 Å². The number of anilines is 1. The summed E-state index contributed by atoms with van der Waals surface area (Å²) in [5.74, 6) is 1.52. The van der Waals surface area contributed by atoms with E-state index in [1.807, 2.05) is 30.3 Å². The molecule has 0 radical (unpaired) electrons. The average molecular weight is 387 g/mol. The highest BCUT2D eigenvalue weighted by molar-refractivity contribution is 6.06. The fraction of sp³-hybridized carbons (Fsp3) is 0.318. The number of nitrogens with two attached hydrogens (primary N) is 2. The number of aromatic nitrogens is 2. The minimum absolute atomic E-state index is 0.270. The molecule has 1 fully saturated rings. The quantitative estimate of drug-likeness (QED) is 0.623. The van der Waals surface area contributed by atoms with Crippen LogP contribution in [0.4, 0.5) is 5.69 Å². The van der Waals surface area contributed by atoms with Gasteiger partial charge in [-0.05, 0) is 56.4 Å². The van der Waals surface area contributed by atoms with E-state index < -0.39 is 5.66 Å². The molecule has 1 aromatic heterocycles. The van der Waals surface area contributed by atoms with Gasteiger partial charge in [-0.2, -0.15) is 4.99 Å². The third-order valence-electron chi connectivity index (χ3n) is 6.04. The Kier molecular flexibility index (Phi) is 4.04. The van der Waals surface area contributed by atoms with Crippen molar-refractivity contribution in [1.82, 2.24) is 9.97 Å². The van der Waals surface area contributed by atoms with Crippen LogP contribution in [0.1, 0.15) is 37.7 Å². The molecule has 0 saturated heterocycles. The van der Waals surface area contributed by atoms with Gasteiger partial charge in [0.25, 0.3) is 0 Å². The van der Waals surface area contributed by atoms with Crippen LogP contribution in [0.25, 0.3) is 22.4 Å². The van der Waals surface area contributed by atoms with E-state index in [1.165, 1.54) is 6.42 Å². The molecule has 5 N–H and O–H groups in total. The number of hydrogen-bond donors (Lipinski definition) is 3. The van der Waals surface area contributed by atoms with Crippen molar-refractivity contribution in [2.45, 2.75) is 44.7 Å². The van der Waals surface area contributed by atoms with E-state index >= 15 is 0 Å². The first-order valence-electron chi connectivity index (χ1n) is 10.1. The summed E-state index contributed by atoms with van der Waals surface area (Å²) in [6.07, 6.45) is 5.24. The fourth-order valence-corrected chi connectivity index (χ4v) is 4.67. The van der Waals surface area contributed by atoms with Gasteiger partial charge in [0, 0.05) is 11.3 Å². The molecule has 0 amide bonds. The van der Waals surface area contributed by atoms with Crippen LogP contribution in [0.3, 0.4) is 0 Å². The number of H-pyrrole nitrogens is 1. The highest BCUT2D eigenvalue weighted by Gasteiger charge is 2.43. The maximum Gasteiger partial charge on any atom is 0.220 e. The van der Waals surface area contributed by atoms with E-state index in [0.29, 0.717) is 5.96 Å². The van der Waals surface area contributed by atoms with Crippen LogP contribution in [-0.4, -0.2) is 27.5 Å². The average Bonchev–Trinajstić information content (AvgIpc) is 3.13. The van der Waals surface area contributed by atoms with Gasteiger partial charge in [-0.15, -0.1) is 0 Å². The molecule has 7 nitrogen and oxygen atoms in total. The Morgan fingerprint density at radius 2 is 1.79 bits per heavy atom. The topological polar surface area (TPSA) is 109 Å². The number of hydrogen-bond acceptors (Lipinski definition) is 6. The number of aliphatic imine (C=N–C) groups is 2. The summed E-state index contributed by atoms with van der Waals surface area (Å²) in [7, 11) is 0. The molecule has 3 aromatic rings. The van der Waals surface area contributed by atoms with Crippen molar-refractivity contribution in [3.63, 3.8) is 0 Å². The molecule has 2 heterocycles.